The molecule has 1 aliphatic heterocycles. The first-order valence-corrected chi connectivity index (χ1v) is 13.3. The Balaban J connectivity index is 1.68. The summed E-state index contributed by atoms with van der Waals surface area (Å²) in [4.78, 5) is 19.6. The summed E-state index contributed by atoms with van der Waals surface area (Å²) in [5.74, 6) is 0.835. The van der Waals surface area contributed by atoms with Crippen molar-refractivity contribution in [1.29, 1.82) is 0 Å². The van der Waals surface area contributed by atoms with E-state index in [0.717, 1.165) is 28.4 Å². The molecular weight excluding hydrogens is 418 g/mol. The van der Waals surface area contributed by atoms with E-state index in [4.69, 9.17) is 4.98 Å². The van der Waals surface area contributed by atoms with Crippen molar-refractivity contribution in [3.63, 3.8) is 0 Å². The van der Waals surface area contributed by atoms with Gasteiger partial charge in [-0.3, -0.25) is 9.52 Å². The molecule has 0 radical (unpaired) electrons. The SMILES string of the molecule is CCCCCCCSc1ccc2c(n1)CCN2C(=O)c1ccccc1NS(C)(=O)=O. The van der Waals surface area contributed by atoms with E-state index in [1.165, 1.54) is 32.1 Å². The number of thioether (sulfide) groups is 1. The van der Waals surface area contributed by atoms with Crippen LogP contribution in [0.5, 0.6) is 0 Å². The van der Waals surface area contributed by atoms with Gasteiger partial charge in [0, 0.05) is 13.0 Å². The number of pyridine rings is 1. The zero-order valence-corrected chi connectivity index (χ0v) is 19.2. The minimum absolute atomic E-state index is 0.223. The van der Waals surface area contributed by atoms with Crippen LogP contribution < -0.4 is 9.62 Å². The average molecular weight is 448 g/mol. The molecule has 1 amide bonds. The fourth-order valence-corrected chi connectivity index (χ4v) is 4.99. The third kappa shape index (κ3) is 5.98. The molecule has 0 saturated heterocycles. The van der Waals surface area contributed by atoms with E-state index in [9.17, 15) is 13.2 Å². The highest BCUT2D eigenvalue weighted by Gasteiger charge is 2.28. The van der Waals surface area contributed by atoms with E-state index < -0.39 is 10.0 Å². The highest BCUT2D eigenvalue weighted by atomic mass is 32.2. The van der Waals surface area contributed by atoms with Crippen LogP contribution in [0.4, 0.5) is 11.4 Å². The standard InChI is InChI=1S/C22H29N3O3S2/c1-3-4-5-6-9-16-29-21-13-12-20-19(23-21)14-15-25(20)22(26)17-10-7-8-11-18(17)24-30(2,27)28/h7-8,10-13,24H,3-6,9,14-16H2,1-2H3. The monoisotopic (exact) mass is 447 g/mol. The van der Waals surface area contributed by atoms with E-state index in [1.807, 2.05) is 12.1 Å². The third-order valence-electron chi connectivity index (χ3n) is 4.98. The number of aromatic nitrogens is 1. The topological polar surface area (TPSA) is 79.4 Å². The highest BCUT2D eigenvalue weighted by molar-refractivity contribution is 7.99. The summed E-state index contributed by atoms with van der Waals surface area (Å²) >= 11 is 1.77. The van der Waals surface area contributed by atoms with E-state index >= 15 is 0 Å². The number of sulfonamides is 1. The quantitative estimate of drug-likeness (QED) is 0.421. The molecule has 1 N–H and O–H groups in total. The molecule has 30 heavy (non-hydrogen) atoms. The van der Waals surface area contributed by atoms with Crippen LogP contribution >= 0.6 is 11.8 Å². The van der Waals surface area contributed by atoms with Gasteiger partial charge in [0.05, 0.1) is 33.9 Å². The summed E-state index contributed by atoms with van der Waals surface area (Å²) in [7, 11) is -3.48. The molecule has 2 heterocycles. The van der Waals surface area contributed by atoms with Crippen molar-refractivity contribution >= 4 is 39.1 Å². The summed E-state index contributed by atoms with van der Waals surface area (Å²) in [5.41, 5.74) is 2.36. The molecule has 162 valence electrons. The van der Waals surface area contributed by atoms with Crippen LogP contribution in [0.15, 0.2) is 41.4 Å². The molecule has 0 aliphatic carbocycles. The first-order valence-electron chi connectivity index (χ1n) is 10.4. The summed E-state index contributed by atoms with van der Waals surface area (Å²) in [6, 6.07) is 10.6. The number of carbonyl (C=O) groups excluding carboxylic acids is 1. The lowest BCUT2D eigenvalue weighted by Gasteiger charge is -2.19. The first kappa shape index (κ1) is 22.6. The van der Waals surface area contributed by atoms with Gasteiger partial charge in [-0.15, -0.1) is 11.8 Å². The highest BCUT2D eigenvalue weighted by Crippen LogP contribution is 2.32. The van der Waals surface area contributed by atoms with Gasteiger partial charge in [-0.05, 0) is 36.4 Å². The predicted molar refractivity (Wildman–Crippen MR) is 124 cm³/mol. The number of fused-ring (bicyclic) bond motifs is 1. The third-order valence-corrected chi connectivity index (χ3v) is 6.59. The van der Waals surface area contributed by atoms with E-state index in [-0.39, 0.29) is 5.91 Å². The van der Waals surface area contributed by atoms with Crippen molar-refractivity contribution in [2.24, 2.45) is 0 Å². The smallest absolute Gasteiger partial charge is 0.260 e. The van der Waals surface area contributed by atoms with Crippen molar-refractivity contribution in [3.05, 3.63) is 47.7 Å². The molecule has 0 spiro atoms. The lowest BCUT2D eigenvalue weighted by molar-refractivity contribution is 0.0990. The summed E-state index contributed by atoms with van der Waals surface area (Å²) in [6.07, 6.45) is 8.08. The zero-order valence-electron chi connectivity index (χ0n) is 17.6. The fourth-order valence-electron chi connectivity index (χ4n) is 3.52. The molecule has 1 aliphatic rings. The van der Waals surface area contributed by atoms with Crippen LogP contribution in [0.1, 0.15) is 55.1 Å². The van der Waals surface area contributed by atoms with Crippen LogP contribution in [0, 0.1) is 0 Å². The van der Waals surface area contributed by atoms with Crippen molar-refractivity contribution in [2.45, 2.75) is 50.5 Å². The summed E-state index contributed by atoms with van der Waals surface area (Å²) < 4.78 is 25.7. The van der Waals surface area contributed by atoms with Gasteiger partial charge in [-0.25, -0.2) is 13.4 Å². The second kappa shape index (κ2) is 10.3. The van der Waals surface area contributed by atoms with Gasteiger partial charge < -0.3 is 4.90 Å². The van der Waals surface area contributed by atoms with Crippen molar-refractivity contribution < 1.29 is 13.2 Å². The van der Waals surface area contributed by atoms with E-state index in [0.29, 0.717) is 24.2 Å². The number of para-hydroxylation sites is 1. The van der Waals surface area contributed by atoms with Gasteiger partial charge in [-0.1, -0.05) is 44.7 Å². The molecule has 0 fully saturated rings. The Hall–Kier alpha value is -2.06. The van der Waals surface area contributed by atoms with Crippen LogP contribution in [0.25, 0.3) is 0 Å². The molecule has 3 rings (SSSR count). The molecule has 2 aromatic rings. The Morgan fingerprint density at radius 3 is 2.67 bits per heavy atom. The number of hydrogen-bond donors (Lipinski definition) is 1. The molecule has 1 aromatic carbocycles. The number of amides is 1. The maximum absolute atomic E-state index is 13.2. The predicted octanol–water partition coefficient (Wildman–Crippen LogP) is 4.72. The van der Waals surface area contributed by atoms with Crippen LogP contribution in [-0.4, -0.2) is 37.9 Å². The molecule has 0 unspecified atom stereocenters. The van der Waals surface area contributed by atoms with Crippen LogP contribution in [-0.2, 0) is 16.4 Å². The lowest BCUT2D eigenvalue weighted by Crippen LogP contribution is -2.30. The Kier molecular flexibility index (Phi) is 7.77. The largest absolute Gasteiger partial charge is 0.306 e. The second-order valence-corrected chi connectivity index (χ2v) is 10.4. The molecule has 8 heteroatoms. The molecular formula is C22H29N3O3S2. The van der Waals surface area contributed by atoms with E-state index in [1.54, 1.807) is 40.9 Å². The second-order valence-electron chi connectivity index (χ2n) is 7.50. The Morgan fingerprint density at radius 1 is 1.13 bits per heavy atom. The van der Waals surface area contributed by atoms with Crippen LogP contribution in [0.3, 0.4) is 0 Å². The summed E-state index contributed by atoms with van der Waals surface area (Å²) in [5, 5.41) is 0.998. The van der Waals surface area contributed by atoms with Gasteiger partial charge in [-0.2, -0.15) is 0 Å². The van der Waals surface area contributed by atoms with Crippen molar-refractivity contribution in [1.82, 2.24) is 4.98 Å². The average Bonchev–Trinajstić information content (AvgIpc) is 3.12. The molecule has 0 atom stereocenters. The molecule has 0 bridgehead atoms. The number of nitrogens with zero attached hydrogens (tertiary/aromatic N) is 2. The molecule has 6 nitrogen and oxygen atoms in total. The number of hydrogen-bond acceptors (Lipinski definition) is 5. The van der Waals surface area contributed by atoms with Crippen LogP contribution in [0.2, 0.25) is 0 Å². The van der Waals surface area contributed by atoms with Gasteiger partial charge in [0.1, 0.15) is 0 Å². The first-order chi connectivity index (χ1) is 14.4. The van der Waals surface area contributed by atoms with Crippen molar-refractivity contribution in [3.8, 4) is 0 Å². The Labute approximate surface area is 183 Å². The number of nitrogens with one attached hydrogen (secondary N) is 1. The molecule has 1 aromatic heterocycles. The number of benzene rings is 1. The Bertz CT molecular complexity index is 993. The number of anilines is 2. The van der Waals surface area contributed by atoms with Gasteiger partial charge in [0.2, 0.25) is 10.0 Å². The van der Waals surface area contributed by atoms with Crippen molar-refractivity contribution in [2.75, 3.05) is 28.2 Å². The minimum Gasteiger partial charge on any atom is -0.306 e. The fraction of sp³-hybridized carbons (Fsp3) is 0.455. The number of rotatable bonds is 10. The van der Waals surface area contributed by atoms with Gasteiger partial charge in [0.25, 0.3) is 5.91 Å². The zero-order chi connectivity index (χ0) is 21.6. The maximum Gasteiger partial charge on any atom is 0.260 e. The summed E-state index contributed by atoms with van der Waals surface area (Å²) in [6.45, 7) is 2.76. The molecule has 0 saturated carbocycles. The van der Waals surface area contributed by atoms with E-state index in [2.05, 4.69) is 11.6 Å². The van der Waals surface area contributed by atoms with Gasteiger partial charge in [0.15, 0.2) is 0 Å². The lowest BCUT2D eigenvalue weighted by atomic mass is 10.1. The minimum atomic E-state index is -3.48. The number of carbonyl (C=O) groups is 1. The Morgan fingerprint density at radius 2 is 1.90 bits per heavy atom. The number of unbranched alkanes of at least 4 members (excludes halogenated alkanes) is 4. The normalized spacial score (nSPS) is 13.3. The van der Waals surface area contributed by atoms with Gasteiger partial charge >= 0.3 is 0 Å². The maximum atomic E-state index is 13.2.